The average Bonchev–Trinajstić information content (AvgIpc) is 2.88. The summed E-state index contributed by atoms with van der Waals surface area (Å²) in [4.78, 5) is 0.197. The first-order valence-corrected chi connectivity index (χ1v) is 8.56. The molecule has 1 heterocycles. The Morgan fingerprint density at radius 1 is 0.871 bits per heavy atom. The van der Waals surface area contributed by atoms with Crippen LogP contribution in [0.4, 0.5) is 0 Å². The Kier molecular flexibility index (Phi) is 41.2. The van der Waals surface area contributed by atoms with Crippen LogP contribution in [-0.2, 0) is 54.4 Å². The summed E-state index contributed by atoms with van der Waals surface area (Å²) in [5.41, 5.74) is 1.02. The molecule has 1 aromatic rings. The molecule has 0 bridgehead atoms. The summed E-state index contributed by atoms with van der Waals surface area (Å²) < 4.78 is 26.4. The van der Waals surface area contributed by atoms with E-state index in [0.29, 0.717) is 19.4 Å². The second-order valence-electron chi connectivity index (χ2n) is 6.51. The summed E-state index contributed by atoms with van der Waals surface area (Å²) >= 11 is 0. The third-order valence-electron chi connectivity index (χ3n) is 3.92. The number of hydrogen-bond acceptors (Lipinski definition) is 4. The molecule has 1 aliphatic rings. The summed E-state index contributed by atoms with van der Waals surface area (Å²) in [7, 11) is -3.68. The first-order valence-electron chi connectivity index (χ1n) is 7.12. The number of nitrogens with zero attached hydrogens (tertiary/aromatic N) is 1. The molecule has 2 radical (unpaired) electrons. The van der Waals surface area contributed by atoms with Crippen molar-refractivity contribution in [2.24, 2.45) is 0 Å². The number of sulfonamides is 1. The van der Waals surface area contributed by atoms with Crippen LogP contribution >= 0.6 is 0 Å². The fourth-order valence-corrected chi connectivity index (χ4v) is 4.32. The van der Waals surface area contributed by atoms with E-state index in [-0.39, 0.29) is 109 Å². The largest absolute Gasteiger partial charge is 0.367 e. The minimum absolute atomic E-state index is 0. The van der Waals surface area contributed by atoms with Gasteiger partial charge in [0.15, 0.2) is 6.29 Å². The van der Waals surface area contributed by atoms with Gasteiger partial charge in [0.25, 0.3) is 0 Å². The first-order chi connectivity index (χ1) is 9.64. The molecule has 5 nitrogen and oxygen atoms in total. The molecule has 2 N–H and O–H groups in total. The number of aliphatic hydroxyl groups is 2. The van der Waals surface area contributed by atoms with Gasteiger partial charge in [-0.1, -0.05) is 32.9 Å². The van der Waals surface area contributed by atoms with Crippen molar-refractivity contribution in [2.45, 2.75) is 56.3 Å². The van der Waals surface area contributed by atoms with Crippen LogP contribution in [0.1, 0.15) is 39.2 Å². The minimum atomic E-state index is -3.68. The molecule has 0 aromatic heterocycles. The third kappa shape index (κ3) is 13.6. The van der Waals surface area contributed by atoms with Crippen LogP contribution in [0.3, 0.4) is 0 Å². The first kappa shape index (κ1) is 57.8. The molecule has 0 amide bonds. The maximum Gasteiger partial charge on any atom is 0.243 e. The SMILES string of the molecule is CC(C)(C)c1ccc(S(=O)(=O)N2CCC[C@H]2C(O)O)cc1.[CH3-].[CH3-].[CH3-].[CH3-].[CH3-].[CH3-].[CH3-].[CH3-].[Rh].[Rh]. The summed E-state index contributed by atoms with van der Waals surface area (Å²) in [6.45, 7) is 6.52. The van der Waals surface area contributed by atoms with Crippen molar-refractivity contribution < 1.29 is 57.6 Å². The van der Waals surface area contributed by atoms with Gasteiger partial charge in [-0.2, -0.15) is 4.31 Å². The molecule has 1 fully saturated rings. The molecule has 8 heteroatoms. The molecule has 1 saturated heterocycles. The molecule has 1 atom stereocenters. The molecule has 1 aromatic carbocycles. The molecule has 0 aliphatic carbocycles. The van der Waals surface area contributed by atoms with Gasteiger partial charge in [-0.15, -0.1) is 0 Å². The zero-order chi connectivity index (χ0) is 15.8. The summed E-state index contributed by atoms with van der Waals surface area (Å²) in [5, 5.41) is 18.7. The van der Waals surface area contributed by atoms with Gasteiger partial charge in [0.2, 0.25) is 10.0 Å². The number of benzene rings is 1. The molecule has 0 unspecified atom stereocenters. The summed E-state index contributed by atoms with van der Waals surface area (Å²) in [5.74, 6) is 0. The van der Waals surface area contributed by atoms with Gasteiger partial charge in [0.05, 0.1) is 10.9 Å². The molecule has 0 saturated carbocycles. The molecule has 0 spiro atoms. The number of hydrogen-bond donors (Lipinski definition) is 2. The Labute approximate surface area is 223 Å². The third-order valence-corrected chi connectivity index (χ3v) is 5.86. The Morgan fingerprint density at radius 2 is 1.26 bits per heavy atom. The van der Waals surface area contributed by atoms with E-state index < -0.39 is 22.4 Å². The van der Waals surface area contributed by atoms with Gasteiger partial charge in [0.1, 0.15) is 0 Å². The fourth-order valence-electron chi connectivity index (χ4n) is 2.62. The van der Waals surface area contributed by atoms with E-state index >= 15 is 0 Å². The van der Waals surface area contributed by atoms with Crippen LogP contribution in [-0.4, -0.2) is 41.8 Å². The second kappa shape index (κ2) is 22.1. The van der Waals surface area contributed by atoms with Crippen molar-refractivity contribution in [3.05, 3.63) is 89.2 Å². The van der Waals surface area contributed by atoms with Gasteiger partial charge in [0, 0.05) is 45.5 Å². The minimum Gasteiger partial charge on any atom is -0.367 e. The van der Waals surface area contributed by atoms with E-state index in [2.05, 4.69) is 20.8 Å². The van der Waals surface area contributed by atoms with Crippen molar-refractivity contribution in [2.75, 3.05) is 6.54 Å². The monoisotopic (exact) mass is 639 g/mol. The predicted octanol–water partition coefficient (Wildman–Crippen LogP) is 5.05. The van der Waals surface area contributed by atoms with Gasteiger partial charge in [-0.25, -0.2) is 8.42 Å². The van der Waals surface area contributed by atoms with Crippen molar-refractivity contribution >= 4 is 10.0 Å². The van der Waals surface area contributed by atoms with Crippen LogP contribution in [0.25, 0.3) is 0 Å². The summed E-state index contributed by atoms with van der Waals surface area (Å²) in [6.07, 6.45) is -0.533. The van der Waals surface area contributed by atoms with E-state index in [4.69, 9.17) is 0 Å². The van der Waals surface area contributed by atoms with Crippen LogP contribution in [0.2, 0.25) is 0 Å². The Morgan fingerprint density at radius 3 is 1.58 bits per heavy atom. The van der Waals surface area contributed by atoms with E-state index in [1.165, 1.54) is 4.31 Å². The number of rotatable bonds is 3. The quantitative estimate of drug-likeness (QED) is 0.276. The Bertz CT molecular complexity index is 601. The van der Waals surface area contributed by atoms with E-state index in [0.717, 1.165) is 5.56 Å². The van der Waals surface area contributed by atoms with Crippen molar-refractivity contribution in [3.63, 3.8) is 0 Å². The Balaban J connectivity index is -0.0000000691. The summed E-state index contributed by atoms with van der Waals surface area (Å²) in [6, 6.07) is 6.06. The van der Waals surface area contributed by atoms with Crippen LogP contribution in [0, 0.1) is 59.4 Å². The van der Waals surface area contributed by atoms with E-state index in [1.807, 2.05) is 12.1 Å². The number of aliphatic hydroxyl groups excluding tert-OH is 1. The second-order valence-corrected chi connectivity index (χ2v) is 8.40. The van der Waals surface area contributed by atoms with Crippen molar-refractivity contribution in [1.29, 1.82) is 0 Å². The van der Waals surface area contributed by atoms with Crippen LogP contribution < -0.4 is 0 Å². The zero-order valence-corrected chi connectivity index (χ0v) is 25.4. The van der Waals surface area contributed by atoms with E-state index in [1.54, 1.807) is 12.1 Å². The average molecular weight is 640 g/mol. The molecular weight excluding hydrogens is 592 g/mol. The smallest absolute Gasteiger partial charge is 0.243 e. The van der Waals surface area contributed by atoms with Crippen molar-refractivity contribution in [3.8, 4) is 0 Å². The fraction of sp³-hybridized carbons (Fsp3) is 0.391. The van der Waals surface area contributed by atoms with E-state index in [9.17, 15) is 18.6 Å². The topological polar surface area (TPSA) is 77.8 Å². The van der Waals surface area contributed by atoms with Crippen LogP contribution in [0.5, 0.6) is 0 Å². The zero-order valence-electron chi connectivity index (χ0n) is 21.3. The normalized spacial score (nSPS) is 14.3. The van der Waals surface area contributed by atoms with Gasteiger partial charge < -0.3 is 69.6 Å². The predicted molar refractivity (Wildman–Crippen MR) is 132 cm³/mol. The maximum absolute atomic E-state index is 12.6. The molecule has 2 rings (SSSR count). The standard InChI is InChI=1S/C15H23NO4S.8CH3.2Rh/c1-15(2,3)11-6-8-12(9-7-11)21(19,20)16-10-4-5-13(16)14(17)18;;;;;;;;;;/h6-9,13-14,17-18H,4-5,10H2,1-3H3;8*1H3;;/q;8*-1;;/t13-;;;;;;;;;;/m0........../s1. The van der Waals surface area contributed by atoms with Gasteiger partial charge in [-0.05, 0) is 36.0 Å². The van der Waals surface area contributed by atoms with Crippen LogP contribution in [0.15, 0.2) is 29.2 Å². The van der Waals surface area contributed by atoms with Gasteiger partial charge >= 0.3 is 0 Å². The van der Waals surface area contributed by atoms with Crippen molar-refractivity contribution in [1.82, 2.24) is 4.31 Å². The molecule has 1 aliphatic heterocycles. The van der Waals surface area contributed by atoms with Gasteiger partial charge in [-0.3, -0.25) is 0 Å². The maximum atomic E-state index is 12.6. The molecule has 31 heavy (non-hydrogen) atoms. The Hall–Kier alpha value is 0.297. The molecule has 200 valence electrons. The molecular formula is C23H47NO4Rh2S-8.